The van der Waals surface area contributed by atoms with Crippen LogP contribution in [0.25, 0.3) is 11.1 Å². The molecule has 1 aromatic heterocycles. The molecule has 1 atom stereocenters. The van der Waals surface area contributed by atoms with Crippen molar-refractivity contribution in [3.8, 4) is 16.9 Å². The lowest BCUT2D eigenvalue weighted by atomic mass is 10.0. The van der Waals surface area contributed by atoms with Crippen molar-refractivity contribution in [2.24, 2.45) is 0 Å². The number of carbonyl (C=O) groups excluding carboxylic acids is 1. The van der Waals surface area contributed by atoms with E-state index in [1.807, 2.05) is 0 Å². The molecule has 1 saturated heterocycles. The monoisotopic (exact) mass is 367 g/mol. The van der Waals surface area contributed by atoms with Crippen molar-refractivity contribution >= 4 is 5.91 Å². The standard InChI is InChI=1S/C17H16F3N3O3/c1-22-11(3-5-15(22)25)8-23-9-21-7-13(16(23)26)12-4-2-10(6-14(12)24)17(18,19)20/h2,4,6-7,9,11,24H,3,5,8H2,1H3. The number of rotatable bonds is 3. The average Bonchev–Trinajstić information content (AvgIpc) is 2.88. The van der Waals surface area contributed by atoms with Gasteiger partial charge in [0.2, 0.25) is 5.91 Å². The number of nitrogens with zero attached hydrogens (tertiary/aromatic N) is 3. The maximum absolute atomic E-state index is 12.7. The number of aromatic hydroxyl groups is 1. The largest absolute Gasteiger partial charge is 0.507 e. The van der Waals surface area contributed by atoms with E-state index in [1.165, 1.54) is 17.1 Å². The second-order valence-corrected chi connectivity index (χ2v) is 6.19. The van der Waals surface area contributed by atoms with Gasteiger partial charge in [0, 0.05) is 37.8 Å². The SMILES string of the molecule is CN1C(=O)CCC1Cn1cncc(-c2ccc(C(F)(F)F)cc2O)c1=O. The highest BCUT2D eigenvalue weighted by atomic mass is 19.4. The van der Waals surface area contributed by atoms with Crippen molar-refractivity contribution in [2.45, 2.75) is 31.6 Å². The first-order valence-corrected chi connectivity index (χ1v) is 7.89. The molecule has 1 aromatic carbocycles. The molecule has 0 spiro atoms. The van der Waals surface area contributed by atoms with Gasteiger partial charge in [-0.15, -0.1) is 0 Å². The van der Waals surface area contributed by atoms with E-state index in [0.29, 0.717) is 18.9 Å². The number of likely N-dealkylation sites (tertiary alicyclic amines) is 1. The Morgan fingerprint density at radius 1 is 1.27 bits per heavy atom. The molecule has 26 heavy (non-hydrogen) atoms. The maximum atomic E-state index is 12.7. The summed E-state index contributed by atoms with van der Waals surface area (Å²) in [6.45, 7) is 0.226. The Morgan fingerprint density at radius 2 is 2.00 bits per heavy atom. The predicted molar refractivity (Wildman–Crippen MR) is 86.4 cm³/mol. The number of phenols is 1. The van der Waals surface area contributed by atoms with Crippen LogP contribution in [0.2, 0.25) is 0 Å². The topological polar surface area (TPSA) is 75.4 Å². The summed E-state index contributed by atoms with van der Waals surface area (Å²) in [5.41, 5.74) is -1.54. The molecule has 1 unspecified atom stereocenters. The van der Waals surface area contributed by atoms with Crippen LogP contribution in [0.4, 0.5) is 13.2 Å². The van der Waals surface area contributed by atoms with E-state index >= 15 is 0 Å². The lowest BCUT2D eigenvalue weighted by Crippen LogP contribution is -2.35. The Labute approximate surface area is 146 Å². The lowest BCUT2D eigenvalue weighted by Gasteiger charge is -2.20. The number of alkyl halides is 3. The number of phenolic OH excluding ortho intramolecular Hbond substituents is 1. The first-order valence-electron chi connectivity index (χ1n) is 7.89. The van der Waals surface area contributed by atoms with Gasteiger partial charge in [0.25, 0.3) is 5.56 Å². The van der Waals surface area contributed by atoms with Crippen LogP contribution in [0.1, 0.15) is 18.4 Å². The molecule has 2 aromatic rings. The van der Waals surface area contributed by atoms with Gasteiger partial charge in [0.1, 0.15) is 5.75 Å². The average molecular weight is 367 g/mol. The smallest absolute Gasteiger partial charge is 0.416 e. The first kappa shape index (κ1) is 18.0. The molecule has 1 aliphatic rings. The molecule has 1 amide bonds. The number of aromatic nitrogens is 2. The second-order valence-electron chi connectivity index (χ2n) is 6.19. The van der Waals surface area contributed by atoms with Gasteiger partial charge in [0.05, 0.1) is 17.5 Å². The summed E-state index contributed by atoms with van der Waals surface area (Å²) >= 11 is 0. The predicted octanol–water partition coefficient (Wildman–Crippen LogP) is 2.26. The van der Waals surface area contributed by atoms with E-state index in [2.05, 4.69) is 4.98 Å². The molecule has 9 heteroatoms. The molecule has 138 valence electrons. The Balaban J connectivity index is 1.95. The van der Waals surface area contributed by atoms with Gasteiger partial charge >= 0.3 is 6.18 Å². The summed E-state index contributed by atoms with van der Waals surface area (Å²) < 4.78 is 39.5. The maximum Gasteiger partial charge on any atom is 0.416 e. The van der Waals surface area contributed by atoms with Crippen LogP contribution in [0.5, 0.6) is 5.75 Å². The van der Waals surface area contributed by atoms with Crippen molar-refractivity contribution in [3.05, 3.63) is 46.6 Å². The molecule has 0 radical (unpaired) electrons. The fraction of sp³-hybridized carbons (Fsp3) is 0.353. The molecule has 2 heterocycles. The van der Waals surface area contributed by atoms with Gasteiger partial charge in [-0.2, -0.15) is 13.2 Å². The van der Waals surface area contributed by atoms with Crippen molar-refractivity contribution in [3.63, 3.8) is 0 Å². The molecule has 0 saturated carbocycles. The second kappa shape index (κ2) is 6.47. The van der Waals surface area contributed by atoms with Crippen molar-refractivity contribution in [2.75, 3.05) is 7.05 Å². The van der Waals surface area contributed by atoms with Crippen molar-refractivity contribution in [1.82, 2.24) is 14.5 Å². The van der Waals surface area contributed by atoms with Gasteiger partial charge in [-0.05, 0) is 24.6 Å². The zero-order valence-electron chi connectivity index (χ0n) is 13.8. The number of likely N-dealkylation sites (N-methyl/N-ethyl adjacent to an activating group) is 1. The summed E-state index contributed by atoms with van der Waals surface area (Å²) in [4.78, 5) is 29.8. The van der Waals surface area contributed by atoms with Crippen LogP contribution >= 0.6 is 0 Å². The number of hydrogen-bond donors (Lipinski definition) is 1. The Morgan fingerprint density at radius 3 is 2.58 bits per heavy atom. The minimum Gasteiger partial charge on any atom is -0.507 e. The van der Waals surface area contributed by atoms with Gasteiger partial charge in [-0.3, -0.25) is 14.2 Å². The molecule has 0 bridgehead atoms. The van der Waals surface area contributed by atoms with Gasteiger partial charge in [-0.1, -0.05) is 0 Å². The third kappa shape index (κ3) is 3.29. The van der Waals surface area contributed by atoms with Crippen LogP contribution in [0.3, 0.4) is 0 Å². The molecule has 0 aliphatic carbocycles. The zero-order chi connectivity index (χ0) is 19.1. The fourth-order valence-corrected chi connectivity index (χ4v) is 3.01. The Hall–Kier alpha value is -2.84. The molecule has 1 fully saturated rings. The number of halogens is 3. The van der Waals surface area contributed by atoms with Gasteiger partial charge in [0.15, 0.2) is 0 Å². The molecular formula is C17H16F3N3O3. The van der Waals surface area contributed by atoms with E-state index in [-0.39, 0.29) is 29.6 Å². The van der Waals surface area contributed by atoms with Crippen LogP contribution in [0.15, 0.2) is 35.5 Å². The van der Waals surface area contributed by atoms with E-state index in [1.54, 1.807) is 11.9 Å². The Bertz CT molecular complexity index is 908. The summed E-state index contributed by atoms with van der Waals surface area (Å²) in [5.74, 6) is -0.655. The summed E-state index contributed by atoms with van der Waals surface area (Å²) in [6, 6.07) is 2.27. The number of hydrogen-bond acceptors (Lipinski definition) is 4. The summed E-state index contributed by atoms with van der Waals surface area (Å²) in [7, 11) is 1.66. The minimum atomic E-state index is -4.59. The Kier molecular flexibility index (Phi) is 4.47. The minimum absolute atomic E-state index is 0.00690. The van der Waals surface area contributed by atoms with Crippen LogP contribution < -0.4 is 5.56 Å². The van der Waals surface area contributed by atoms with Gasteiger partial charge in [-0.25, -0.2) is 4.98 Å². The van der Waals surface area contributed by atoms with Crippen molar-refractivity contribution < 1.29 is 23.1 Å². The first-order chi connectivity index (χ1) is 12.2. The quantitative estimate of drug-likeness (QED) is 0.903. The van der Waals surface area contributed by atoms with Crippen LogP contribution in [-0.2, 0) is 17.5 Å². The third-order valence-electron chi connectivity index (χ3n) is 4.56. The van der Waals surface area contributed by atoms with Crippen LogP contribution in [-0.4, -0.2) is 38.6 Å². The highest BCUT2D eigenvalue weighted by Gasteiger charge is 2.31. The van der Waals surface area contributed by atoms with E-state index < -0.39 is 23.0 Å². The molecule has 3 rings (SSSR count). The highest BCUT2D eigenvalue weighted by molar-refractivity contribution is 5.78. The van der Waals surface area contributed by atoms with E-state index in [0.717, 1.165) is 12.1 Å². The number of amides is 1. The third-order valence-corrected chi connectivity index (χ3v) is 4.56. The van der Waals surface area contributed by atoms with Gasteiger partial charge < -0.3 is 10.0 Å². The number of carbonyl (C=O) groups is 1. The normalized spacial score (nSPS) is 17.8. The molecule has 1 N–H and O–H groups in total. The molecule has 1 aliphatic heterocycles. The molecular weight excluding hydrogens is 351 g/mol. The van der Waals surface area contributed by atoms with Crippen molar-refractivity contribution in [1.29, 1.82) is 0 Å². The van der Waals surface area contributed by atoms with E-state index in [4.69, 9.17) is 0 Å². The summed E-state index contributed by atoms with van der Waals surface area (Å²) in [5, 5.41) is 9.96. The molecule has 6 nitrogen and oxygen atoms in total. The van der Waals surface area contributed by atoms with Crippen LogP contribution in [0, 0.1) is 0 Å². The summed E-state index contributed by atoms with van der Waals surface area (Å²) in [6.07, 6.45) is -1.07. The lowest BCUT2D eigenvalue weighted by molar-refractivity contribution is -0.137. The fourth-order valence-electron chi connectivity index (χ4n) is 3.01. The highest BCUT2D eigenvalue weighted by Crippen LogP contribution is 2.35. The number of benzene rings is 1. The zero-order valence-corrected chi connectivity index (χ0v) is 13.8. The van der Waals surface area contributed by atoms with E-state index in [9.17, 15) is 27.9 Å².